The Morgan fingerprint density at radius 1 is 1.07 bits per heavy atom. The number of hydrogen-bond donors (Lipinski definition) is 2. The van der Waals surface area contributed by atoms with Gasteiger partial charge in [-0.15, -0.1) is 0 Å². The predicted molar refractivity (Wildman–Crippen MR) is 96.1 cm³/mol. The number of nitrogen functional groups attached to an aromatic ring is 1. The van der Waals surface area contributed by atoms with Gasteiger partial charge in [-0.05, 0) is 25.1 Å². The van der Waals surface area contributed by atoms with Crippen LogP contribution in [-0.2, 0) is 6.54 Å². The van der Waals surface area contributed by atoms with Crippen molar-refractivity contribution in [2.24, 2.45) is 0 Å². The molecule has 3 aromatic heterocycles. The fourth-order valence-electron chi connectivity index (χ4n) is 2.70. The van der Waals surface area contributed by atoms with Crippen LogP contribution in [0, 0.1) is 11.6 Å². The van der Waals surface area contributed by atoms with Crippen LogP contribution in [-0.4, -0.2) is 29.5 Å². The van der Waals surface area contributed by atoms with Crippen molar-refractivity contribution >= 4 is 28.7 Å². The molecule has 27 heavy (non-hydrogen) atoms. The normalized spacial score (nSPS) is 11.1. The zero-order chi connectivity index (χ0) is 19.0. The summed E-state index contributed by atoms with van der Waals surface area (Å²) in [7, 11) is 0. The third-order valence-electron chi connectivity index (χ3n) is 3.91. The van der Waals surface area contributed by atoms with E-state index < -0.39 is 11.6 Å². The van der Waals surface area contributed by atoms with Crippen molar-refractivity contribution in [2.45, 2.75) is 13.5 Å². The molecule has 0 spiro atoms. The molecule has 8 nitrogen and oxygen atoms in total. The van der Waals surface area contributed by atoms with E-state index >= 15 is 0 Å². The van der Waals surface area contributed by atoms with E-state index in [1.54, 1.807) is 6.07 Å². The average molecular weight is 368 g/mol. The van der Waals surface area contributed by atoms with Crippen LogP contribution in [0.25, 0.3) is 22.7 Å². The molecule has 0 saturated carbocycles. The number of nitrogens with two attached hydrogens (primary N) is 1. The molecule has 0 unspecified atom stereocenters. The Balaban J connectivity index is 1.80. The molecule has 0 saturated heterocycles. The number of rotatable bonds is 4. The van der Waals surface area contributed by atoms with Crippen LogP contribution < -0.4 is 11.1 Å². The van der Waals surface area contributed by atoms with Crippen molar-refractivity contribution in [3.63, 3.8) is 0 Å². The number of nitrogens with one attached hydrogen (secondary N) is 1. The van der Waals surface area contributed by atoms with Gasteiger partial charge in [-0.2, -0.15) is 4.98 Å². The number of benzene rings is 1. The van der Waals surface area contributed by atoms with Crippen molar-refractivity contribution in [2.75, 3.05) is 11.1 Å². The fourth-order valence-corrected chi connectivity index (χ4v) is 2.70. The molecule has 10 heteroatoms. The third-order valence-corrected chi connectivity index (χ3v) is 3.91. The summed E-state index contributed by atoms with van der Waals surface area (Å²) in [5, 5.41) is 2.58. The second kappa shape index (κ2) is 6.56. The lowest BCUT2D eigenvalue weighted by Gasteiger charge is -2.08. The van der Waals surface area contributed by atoms with Gasteiger partial charge in [0.1, 0.15) is 28.5 Å². The summed E-state index contributed by atoms with van der Waals surface area (Å²) < 4.78 is 29.5. The van der Waals surface area contributed by atoms with Gasteiger partial charge in [-0.1, -0.05) is 6.07 Å². The number of fused-ring (bicyclic) bond motifs is 1. The molecular weight excluding hydrogens is 354 g/mol. The average Bonchev–Trinajstić information content (AvgIpc) is 3.03. The lowest BCUT2D eigenvalue weighted by molar-refractivity contribution is 0.590. The summed E-state index contributed by atoms with van der Waals surface area (Å²) >= 11 is 0. The molecule has 1 aromatic carbocycles. The van der Waals surface area contributed by atoms with Gasteiger partial charge in [-0.25, -0.2) is 28.7 Å². The Morgan fingerprint density at radius 3 is 2.56 bits per heavy atom. The van der Waals surface area contributed by atoms with E-state index in [-0.39, 0.29) is 17.6 Å². The van der Waals surface area contributed by atoms with E-state index in [2.05, 4.69) is 30.2 Å². The summed E-state index contributed by atoms with van der Waals surface area (Å²) in [6.07, 6.45) is 3.01. The Morgan fingerprint density at radius 2 is 1.85 bits per heavy atom. The maximum Gasteiger partial charge on any atom is 0.229 e. The Kier molecular flexibility index (Phi) is 4.07. The Bertz CT molecular complexity index is 1120. The monoisotopic (exact) mass is 368 g/mol. The number of nitrogens with zero attached hydrogens (tertiary/aromatic N) is 6. The van der Waals surface area contributed by atoms with Crippen molar-refractivity contribution in [1.82, 2.24) is 29.5 Å². The molecule has 0 radical (unpaired) electrons. The molecule has 4 rings (SSSR count). The Hall–Kier alpha value is -3.69. The molecule has 0 aliphatic rings. The predicted octanol–water partition coefficient (Wildman–Crippen LogP) is 2.91. The van der Waals surface area contributed by atoms with Crippen LogP contribution in [0.3, 0.4) is 0 Å². The number of aromatic nitrogens is 6. The van der Waals surface area contributed by atoms with Crippen molar-refractivity contribution in [1.29, 1.82) is 0 Å². The molecule has 136 valence electrons. The summed E-state index contributed by atoms with van der Waals surface area (Å²) in [4.78, 5) is 21.0. The molecule has 0 atom stereocenters. The van der Waals surface area contributed by atoms with E-state index in [0.717, 1.165) is 12.1 Å². The zero-order valence-electron chi connectivity index (χ0n) is 14.2. The molecule has 3 N–H and O–H groups in total. The minimum Gasteiger partial charge on any atom is -0.368 e. The van der Waals surface area contributed by atoms with E-state index in [0.29, 0.717) is 29.2 Å². The van der Waals surface area contributed by atoms with Crippen LogP contribution in [0.4, 0.5) is 26.4 Å². The molecule has 3 heterocycles. The number of anilines is 3. The molecule has 4 aromatic rings. The number of halogens is 2. The minimum atomic E-state index is -0.736. The van der Waals surface area contributed by atoms with E-state index in [4.69, 9.17) is 5.73 Å². The highest BCUT2D eigenvalue weighted by atomic mass is 19.1. The van der Waals surface area contributed by atoms with E-state index in [1.807, 2.05) is 11.5 Å². The number of hydrogen-bond acceptors (Lipinski definition) is 7. The van der Waals surface area contributed by atoms with Gasteiger partial charge in [0.15, 0.2) is 11.5 Å². The minimum absolute atomic E-state index is 0.0508. The van der Waals surface area contributed by atoms with Crippen molar-refractivity contribution in [3.8, 4) is 11.5 Å². The van der Waals surface area contributed by atoms with Gasteiger partial charge >= 0.3 is 0 Å². The van der Waals surface area contributed by atoms with Crippen LogP contribution in [0.2, 0.25) is 0 Å². The standard InChI is InChI=1S/C17H14F2N8/c1-2-27-14(11-6-7-21-16(20)24-11)23-12-8-22-17(26-15(12)27)25-13-9(18)4-3-5-10(13)19/h3-8H,2H2,1H3,(H2,20,21,24)(H,22,25,26). The zero-order valence-corrected chi connectivity index (χ0v) is 14.2. The topological polar surface area (TPSA) is 107 Å². The largest absolute Gasteiger partial charge is 0.368 e. The van der Waals surface area contributed by atoms with Crippen LogP contribution in [0.15, 0.2) is 36.7 Å². The molecule has 0 amide bonds. The maximum absolute atomic E-state index is 13.9. The first-order chi connectivity index (χ1) is 13.1. The van der Waals surface area contributed by atoms with Gasteiger partial charge in [0.2, 0.25) is 11.9 Å². The summed E-state index contributed by atoms with van der Waals surface area (Å²) in [5.41, 5.74) is 6.89. The third kappa shape index (κ3) is 3.01. The van der Waals surface area contributed by atoms with Crippen LogP contribution in [0.5, 0.6) is 0 Å². The van der Waals surface area contributed by atoms with Gasteiger partial charge in [0, 0.05) is 12.7 Å². The maximum atomic E-state index is 13.9. The highest BCUT2D eigenvalue weighted by molar-refractivity contribution is 5.77. The van der Waals surface area contributed by atoms with Gasteiger partial charge in [-0.3, -0.25) is 0 Å². The Labute approximate surface area is 152 Å². The van der Waals surface area contributed by atoms with E-state index in [1.165, 1.54) is 18.5 Å². The van der Waals surface area contributed by atoms with E-state index in [9.17, 15) is 8.78 Å². The quantitative estimate of drug-likeness (QED) is 0.570. The first-order valence-electron chi connectivity index (χ1n) is 8.10. The van der Waals surface area contributed by atoms with Gasteiger partial charge < -0.3 is 15.6 Å². The first-order valence-corrected chi connectivity index (χ1v) is 8.10. The van der Waals surface area contributed by atoms with Crippen LogP contribution >= 0.6 is 0 Å². The summed E-state index contributed by atoms with van der Waals surface area (Å²) in [6.45, 7) is 2.46. The SMILES string of the molecule is CCn1c(-c2ccnc(N)n2)nc2cnc(Nc3c(F)cccc3F)nc21. The van der Waals surface area contributed by atoms with Gasteiger partial charge in [0.25, 0.3) is 0 Å². The van der Waals surface area contributed by atoms with Crippen LogP contribution in [0.1, 0.15) is 6.92 Å². The van der Waals surface area contributed by atoms with Gasteiger partial charge in [0.05, 0.1) is 6.20 Å². The second-order valence-electron chi connectivity index (χ2n) is 5.60. The summed E-state index contributed by atoms with van der Waals surface area (Å²) in [6, 6.07) is 5.27. The molecule has 0 aliphatic heterocycles. The summed E-state index contributed by atoms with van der Waals surface area (Å²) in [5.74, 6) is -0.745. The molecule has 0 fully saturated rings. The van der Waals surface area contributed by atoms with Crippen molar-refractivity contribution in [3.05, 3.63) is 48.3 Å². The first kappa shape index (κ1) is 16.8. The highest BCUT2D eigenvalue weighted by Crippen LogP contribution is 2.25. The molecule has 0 bridgehead atoms. The lowest BCUT2D eigenvalue weighted by atomic mass is 10.3. The smallest absolute Gasteiger partial charge is 0.229 e. The molecule has 0 aliphatic carbocycles. The lowest BCUT2D eigenvalue weighted by Crippen LogP contribution is -2.04. The van der Waals surface area contributed by atoms with Crippen molar-refractivity contribution < 1.29 is 8.78 Å². The number of para-hydroxylation sites is 1. The molecular formula is C17H14F2N8. The number of imidazole rings is 1. The highest BCUT2D eigenvalue weighted by Gasteiger charge is 2.16. The second-order valence-corrected chi connectivity index (χ2v) is 5.60. The fraction of sp³-hybridized carbons (Fsp3) is 0.118. The number of aryl methyl sites for hydroxylation is 1.